The molecule has 1 amide bonds. The minimum absolute atomic E-state index is 0.0122. The molecule has 0 spiro atoms. The van der Waals surface area contributed by atoms with Crippen molar-refractivity contribution in [3.8, 4) is 0 Å². The summed E-state index contributed by atoms with van der Waals surface area (Å²) < 4.78 is 0. The summed E-state index contributed by atoms with van der Waals surface area (Å²) in [6.45, 7) is 5.38. The number of carbonyl (C=O) groups is 1. The number of thiazole rings is 1. The fourth-order valence-electron chi connectivity index (χ4n) is 2.57. The molecule has 2 aromatic rings. The second-order valence-corrected chi connectivity index (χ2v) is 5.84. The van der Waals surface area contributed by atoms with E-state index in [2.05, 4.69) is 15.0 Å². The molecule has 1 fully saturated rings. The monoisotopic (exact) mass is 288 g/mol. The van der Waals surface area contributed by atoms with E-state index in [4.69, 9.17) is 0 Å². The lowest BCUT2D eigenvalue weighted by atomic mass is 10.1. The van der Waals surface area contributed by atoms with Gasteiger partial charge in [-0.25, -0.2) is 15.0 Å². The number of hydrogen-bond donors (Lipinski definition) is 0. The molecule has 1 atom stereocenters. The maximum Gasteiger partial charge on any atom is 0.273 e. The molecule has 1 aliphatic heterocycles. The highest BCUT2D eigenvalue weighted by Crippen LogP contribution is 2.26. The summed E-state index contributed by atoms with van der Waals surface area (Å²) in [7, 11) is 0. The van der Waals surface area contributed by atoms with Crippen molar-refractivity contribution in [2.24, 2.45) is 0 Å². The Balaban J connectivity index is 1.75. The maximum absolute atomic E-state index is 12.2. The highest BCUT2D eigenvalue weighted by Gasteiger charge is 2.30. The minimum atomic E-state index is 0.0122. The van der Waals surface area contributed by atoms with Crippen LogP contribution in [0.2, 0.25) is 0 Å². The molecular weight excluding hydrogens is 272 g/mol. The van der Waals surface area contributed by atoms with Crippen LogP contribution in [0.3, 0.4) is 0 Å². The Hall–Kier alpha value is -1.82. The topological polar surface area (TPSA) is 59.0 Å². The van der Waals surface area contributed by atoms with Crippen LogP contribution in [0.15, 0.2) is 17.0 Å². The maximum atomic E-state index is 12.2. The van der Waals surface area contributed by atoms with Crippen molar-refractivity contribution < 1.29 is 4.79 Å². The van der Waals surface area contributed by atoms with E-state index in [0.29, 0.717) is 12.2 Å². The number of aromatic nitrogens is 3. The van der Waals surface area contributed by atoms with Crippen LogP contribution in [0.5, 0.6) is 0 Å². The van der Waals surface area contributed by atoms with Crippen LogP contribution in [0, 0.1) is 13.8 Å². The molecule has 3 heterocycles. The lowest BCUT2D eigenvalue weighted by Gasteiger charge is -2.15. The predicted molar refractivity (Wildman–Crippen MR) is 76.9 cm³/mol. The van der Waals surface area contributed by atoms with Gasteiger partial charge in [-0.15, -0.1) is 11.3 Å². The summed E-state index contributed by atoms with van der Waals surface area (Å²) in [5.41, 5.74) is 4.19. The van der Waals surface area contributed by atoms with Crippen molar-refractivity contribution in [3.63, 3.8) is 0 Å². The van der Waals surface area contributed by atoms with Crippen LogP contribution in [-0.4, -0.2) is 38.8 Å². The Morgan fingerprint density at radius 3 is 2.75 bits per heavy atom. The third-order valence-corrected chi connectivity index (χ3v) is 4.08. The lowest BCUT2D eigenvalue weighted by Crippen LogP contribution is -2.28. The Morgan fingerprint density at radius 1 is 1.35 bits per heavy atom. The first-order chi connectivity index (χ1) is 9.63. The predicted octanol–water partition coefficient (Wildman–Crippen LogP) is 2.18. The van der Waals surface area contributed by atoms with Crippen LogP contribution in [0.25, 0.3) is 0 Å². The van der Waals surface area contributed by atoms with Gasteiger partial charge in [0, 0.05) is 35.8 Å². The number of amides is 1. The quantitative estimate of drug-likeness (QED) is 0.850. The second kappa shape index (κ2) is 5.28. The van der Waals surface area contributed by atoms with Crippen molar-refractivity contribution in [2.75, 3.05) is 13.1 Å². The molecule has 1 saturated heterocycles. The summed E-state index contributed by atoms with van der Waals surface area (Å²) in [6.07, 6.45) is 0.915. The average molecular weight is 288 g/mol. The van der Waals surface area contributed by atoms with Gasteiger partial charge in [0.1, 0.15) is 11.5 Å². The minimum Gasteiger partial charge on any atom is -0.337 e. The molecule has 104 valence electrons. The van der Waals surface area contributed by atoms with Crippen LogP contribution >= 0.6 is 11.3 Å². The van der Waals surface area contributed by atoms with E-state index in [9.17, 15) is 4.79 Å². The molecular formula is C14H16N4OS. The molecule has 6 heteroatoms. The highest BCUT2D eigenvalue weighted by atomic mass is 32.1. The van der Waals surface area contributed by atoms with Crippen LogP contribution in [0.4, 0.5) is 0 Å². The zero-order valence-corrected chi connectivity index (χ0v) is 12.4. The van der Waals surface area contributed by atoms with Crippen molar-refractivity contribution in [1.82, 2.24) is 19.9 Å². The fourth-order valence-corrected chi connectivity index (χ4v) is 3.10. The van der Waals surface area contributed by atoms with Crippen LogP contribution in [-0.2, 0) is 0 Å². The first-order valence-electron chi connectivity index (χ1n) is 6.63. The SMILES string of the molecule is Cc1cc(C)nc([C@@H]2CCN(C(=O)c3cscn3)C2)n1. The van der Waals surface area contributed by atoms with Gasteiger partial charge < -0.3 is 4.90 Å². The molecule has 0 bridgehead atoms. The molecule has 0 N–H and O–H groups in total. The number of carbonyl (C=O) groups excluding carboxylic acids is 1. The van der Waals surface area contributed by atoms with E-state index >= 15 is 0 Å². The van der Waals surface area contributed by atoms with Gasteiger partial charge >= 0.3 is 0 Å². The largest absolute Gasteiger partial charge is 0.337 e. The van der Waals surface area contributed by atoms with Crippen molar-refractivity contribution in [1.29, 1.82) is 0 Å². The molecule has 20 heavy (non-hydrogen) atoms. The summed E-state index contributed by atoms with van der Waals surface area (Å²) in [5, 5.41) is 1.79. The third kappa shape index (κ3) is 2.56. The molecule has 2 aromatic heterocycles. The Labute approximate surface area is 121 Å². The number of nitrogens with zero attached hydrogens (tertiary/aromatic N) is 4. The van der Waals surface area contributed by atoms with Crippen molar-refractivity contribution >= 4 is 17.2 Å². The normalized spacial score (nSPS) is 18.5. The third-order valence-electron chi connectivity index (χ3n) is 3.49. The van der Waals surface area contributed by atoms with E-state index in [-0.39, 0.29) is 11.8 Å². The van der Waals surface area contributed by atoms with E-state index in [1.54, 1.807) is 10.9 Å². The van der Waals surface area contributed by atoms with Gasteiger partial charge in [0.2, 0.25) is 0 Å². The van der Waals surface area contributed by atoms with Crippen LogP contribution in [0.1, 0.15) is 40.0 Å². The molecule has 3 rings (SSSR count). The average Bonchev–Trinajstić information content (AvgIpc) is 3.09. The zero-order valence-electron chi connectivity index (χ0n) is 11.5. The number of hydrogen-bond acceptors (Lipinski definition) is 5. The first kappa shape index (κ1) is 13.2. The fraction of sp³-hybridized carbons (Fsp3) is 0.429. The Kier molecular flexibility index (Phi) is 3.48. The van der Waals surface area contributed by atoms with E-state index in [0.717, 1.165) is 30.2 Å². The van der Waals surface area contributed by atoms with Gasteiger partial charge in [-0.1, -0.05) is 0 Å². The summed E-state index contributed by atoms with van der Waals surface area (Å²) in [5.74, 6) is 1.10. The smallest absolute Gasteiger partial charge is 0.273 e. The Morgan fingerprint density at radius 2 is 2.10 bits per heavy atom. The van der Waals surface area contributed by atoms with Gasteiger partial charge in [0.15, 0.2) is 0 Å². The van der Waals surface area contributed by atoms with Gasteiger partial charge in [0.05, 0.1) is 5.51 Å². The standard InChI is InChI=1S/C14H16N4OS/c1-9-5-10(2)17-13(16-9)11-3-4-18(6-11)14(19)12-7-20-8-15-12/h5,7-8,11H,3-4,6H2,1-2H3/t11-/m1/s1. The van der Waals surface area contributed by atoms with Crippen molar-refractivity contribution in [2.45, 2.75) is 26.2 Å². The summed E-state index contributed by atoms with van der Waals surface area (Å²) in [6, 6.07) is 1.97. The molecule has 5 nitrogen and oxygen atoms in total. The van der Waals surface area contributed by atoms with E-state index in [1.807, 2.05) is 24.8 Å². The number of rotatable bonds is 2. The van der Waals surface area contributed by atoms with E-state index in [1.165, 1.54) is 11.3 Å². The first-order valence-corrected chi connectivity index (χ1v) is 7.57. The van der Waals surface area contributed by atoms with Gasteiger partial charge in [-0.3, -0.25) is 4.79 Å². The molecule has 0 aliphatic carbocycles. The molecule has 0 radical (unpaired) electrons. The molecule has 0 unspecified atom stereocenters. The number of likely N-dealkylation sites (tertiary alicyclic amines) is 1. The van der Waals surface area contributed by atoms with Gasteiger partial charge in [-0.05, 0) is 26.3 Å². The van der Waals surface area contributed by atoms with Gasteiger partial charge in [-0.2, -0.15) is 0 Å². The highest BCUT2D eigenvalue weighted by molar-refractivity contribution is 7.07. The van der Waals surface area contributed by atoms with E-state index < -0.39 is 0 Å². The van der Waals surface area contributed by atoms with Crippen LogP contribution < -0.4 is 0 Å². The van der Waals surface area contributed by atoms with Gasteiger partial charge in [0.25, 0.3) is 5.91 Å². The molecule has 1 aliphatic rings. The second-order valence-electron chi connectivity index (χ2n) is 5.12. The van der Waals surface area contributed by atoms with Crippen molar-refractivity contribution in [3.05, 3.63) is 39.9 Å². The molecule has 0 aromatic carbocycles. The zero-order chi connectivity index (χ0) is 14.1. The summed E-state index contributed by atoms with van der Waals surface area (Å²) >= 11 is 1.44. The Bertz CT molecular complexity index is 606. The summed E-state index contributed by atoms with van der Waals surface area (Å²) in [4.78, 5) is 27.2. The lowest BCUT2D eigenvalue weighted by molar-refractivity contribution is 0.0785. The number of aryl methyl sites for hydroxylation is 2. The molecule has 0 saturated carbocycles.